The highest BCUT2D eigenvalue weighted by Crippen LogP contribution is 2.17. The summed E-state index contributed by atoms with van der Waals surface area (Å²) < 4.78 is 0. The minimum absolute atomic E-state index is 0.0256. The summed E-state index contributed by atoms with van der Waals surface area (Å²) >= 11 is 0. The van der Waals surface area contributed by atoms with Crippen molar-refractivity contribution in [3.63, 3.8) is 0 Å². The molecule has 0 radical (unpaired) electrons. The van der Waals surface area contributed by atoms with E-state index in [1.54, 1.807) is 0 Å². The van der Waals surface area contributed by atoms with Crippen molar-refractivity contribution in [2.45, 2.75) is 12.2 Å². The summed E-state index contributed by atoms with van der Waals surface area (Å²) in [5, 5.41) is 35.5. The molecule has 0 saturated heterocycles. The summed E-state index contributed by atoms with van der Waals surface area (Å²) in [6.45, 7) is 0. The molecule has 2 unspecified atom stereocenters. The van der Waals surface area contributed by atoms with Crippen LogP contribution in [0.3, 0.4) is 0 Å². The highest BCUT2D eigenvalue weighted by molar-refractivity contribution is 5.85. The number of carboxylic acid groups (broad SMARTS) is 2. The number of aromatic nitrogens is 1. The van der Waals surface area contributed by atoms with Crippen molar-refractivity contribution in [3.05, 3.63) is 29.6 Å². The van der Waals surface area contributed by atoms with E-state index in [4.69, 9.17) is 15.3 Å². The van der Waals surface area contributed by atoms with E-state index in [1.807, 2.05) is 0 Å². The second kappa shape index (κ2) is 4.69. The first-order valence-electron chi connectivity index (χ1n) is 4.21. The topological polar surface area (TPSA) is 128 Å². The number of hydrogen-bond donors (Lipinski definition) is 4. The Balaban J connectivity index is 3.00. The molecule has 0 saturated carbocycles. The van der Waals surface area contributed by atoms with Crippen LogP contribution in [0.1, 0.15) is 22.2 Å². The van der Waals surface area contributed by atoms with Crippen LogP contribution in [-0.4, -0.2) is 43.5 Å². The largest absolute Gasteiger partial charge is 0.479 e. The standard InChI is InChI=1S/C9H9NO6/c11-6(7(12)9(15)16)4-1-2-10-5(3-4)8(13)14/h1-3,6-7,11-12H,(H,13,14)(H,15,16). The van der Waals surface area contributed by atoms with Crippen molar-refractivity contribution in [1.29, 1.82) is 0 Å². The van der Waals surface area contributed by atoms with Crippen molar-refractivity contribution >= 4 is 11.9 Å². The second-order valence-corrected chi connectivity index (χ2v) is 3.01. The van der Waals surface area contributed by atoms with E-state index >= 15 is 0 Å². The van der Waals surface area contributed by atoms with Crippen LogP contribution in [-0.2, 0) is 4.79 Å². The van der Waals surface area contributed by atoms with Crippen molar-refractivity contribution in [3.8, 4) is 0 Å². The lowest BCUT2D eigenvalue weighted by atomic mass is 10.1. The average Bonchev–Trinajstić information content (AvgIpc) is 2.27. The van der Waals surface area contributed by atoms with E-state index in [0.717, 1.165) is 12.3 Å². The molecule has 0 aliphatic carbocycles. The molecule has 0 aliphatic rings. The van der Waals surface area contributed by atoms with Crippen LogP contribution in [0.25, 0.3) is 0 Å². The van der Waals surface area contributed by atoms with Gasteiger partial charge in [-0.15, -0.1) is 0 Å². The Labute approximate surface area is 89.6 Å². The van der Waals surface area contributed by atoms with Gasteiger partial charge in [0, 0.05) is 6.20 Å². The van der Waals surface area contributed by atoms with Gasteiger partial charge < -0.3 is 20.4 Å². The predicted octanol–water partition coefficient (Wildman–Crippen LogP) is -0.741. The molecule has 1 aromatic heterocycles. The van der Waals surface area contributed by atoms with Crippen LogP contribution in [0.2, 0.25) is 0 Å². The molecule has 1 aromatic rings. The van der Waals surface area contributed by atoms with Crippen molar-refractivity contribution in [2.75, 3.05) is 0 Å². The third kappa shape index (κ3) is 2.53. The molecule has 0 fully saturated rings. The molecule has 0 aliphatic heterocycles. The van der Waals surface area contributed by atoms with Gasteiger partial charge in [-0.2, -0.15) is 0 Å². The van der Waals surface area contributed by atoms with Gasteiger partial charge in [0.1, 0.15) is 11.8 Å². The lowest BCUT2D eigenvalue weighted by Gasteiger charge is -2.14. The van der Waals surface area contributed by atoms with Crippen LogP contribution in [0, 0.1) is 0 Å². The van der Waals surface area contributed by atoms with Gasteiger partial charge in [-0.25, -0.2) is 14.6 Å². The Morgan fingerprint density at radius 2 is 1.88 bits per heavy atom. The smallest absolute Gasteiger partial charge is 0.354 e. The molecule has 0 spiro atoms. The van der Waals surface area contributed by atoms with Crippen LogP contribution in [0.5, 0.6) is 0 Å². The summed E-state index contributed by atoms with van der Waals surface area (Å²) in [5.41, 5.74) is -0.364. The Morgan fingerprint density at radius 3 is 2.38 bits per heavy atom. The van der Waals surface area contributed by atoms with E-state index in [0.29, 0.717) is 0 Å². The molecule has 16 heavy (non-hydrogen) atoms. The number of carboxylic acids is 2. The summed E-state index contributed by atoms with van der Waals surface area (Å²) in [7, 11) is 0. The SMILES string of the molecule is O=C(O)c1cc(C(O)C(O)C(=O)O)ccn1. The van der Waals surface area contributed by atoms with Gasteiger partial charge in [0.05, 0.1) is 0 Å². The molecule has 0 amide bonds. The average molecular weight is 227 g/mol. The van der Waals surface area contributed by atoms with E-state index in [1.165, 1.54) is 6.07 Å². The summed E-state index contributed by atoms with van der Waals surface area (Å²) in [4.78, 5) is 24.4. The molecule has 86 valence electrons. The summed E-state index contributed by atoms with van der Waals surface area (Å²) in [6.07, 6.45) is -2.60. The molecule has 4 N–H and O–H groups in total. The highest BCUT2D eigenvalue weighted by atomic mass is 16.4. The summed E-state index contributed by atoms with van der Waals surface area (Å²) in [5.74, 6) is -2.90. The molecular formula is C9H9NO6. The number of rotatable bonds is 4. The zero-order valence-corrected chi connectivity index (χ0v) is 7.94. The highest BCUT2D eigenvalue weighted by Gasteiger charge is 2.25. The van der Waals surface area contributed by atoms with E-state index in [-0.39, 0.29) is 11.3 Å². The Kier molecular flexibility index (Phi) is 3.54. The second-order valence-electron chi connectivity index (χ2n) is 3.01. The zero-order chi connectivity index (χ0) is 12.3. The maximum Gasteiger partial charge on any atom is 0.354 e. The first-order valence-corrected chi connectivity index (χ1v) is 4.21. The fourth-order valence-corrected chi connectivity index (χ4v) is 1.07. The Bertz CT molecular complexity index is 418. The zero-order valence-electron chi connectivity index (χ0n) is 7.94. The lowest BCUT2D eigenvalue weighted by molar-refractivity contribution is -0.153. The monoisotopic (exact) mass is 227 g/mol. The third-order valence-electron chi connectivity index (χ3n) is 1.90. The van der Waals surface area contributed by atoms with Gasteiger partial charge in [0.25, 0.3) is 0 Å². The molecule has 1 rings (SSSR count). The van der Waals surface area contributed by atoms with Gasteiger partial charge >= 0.3 is 11.9 Å². The van der Waals surface area contributed by atoms with Gasteiger partial charge in [-0.05, 0) is 17.7 Å². The quantitative estimate of drug-likeness (QED) is 0.533. The number of aliphatic carboxylic acids is 1. The number of nitrogens with zero attached hydrogens (tertiary/aromatic N) is 1. The molecule has 7 nitrogen and oxygen atoms in total. The third-order valence-corrected chi connectivity index (χ3v) is 1.90. The van der Waals surface area contributed by atoms with Gasteiger partial charge in [0.2, 0.25) is 0 Å². The molecule has 1 heterocycles. The van der Waals surface area contributed by atoms with Crippen LogP contribution in [0.15, 0.2) is 18.3 Å². The number of aliphatic hydroxyl groups excluding tert-OH is 2. The lowest BCUT2D eigenvalue weighted by Crippen LogP contribution is -2.27. The molecule has 0 bridgehead atoms. The van der Waals surface area contributed by atoms with Gasteiger partial charge in [-0.3, -0.25) is 0 Å². The van der Waals surface area contributed by atoms with Crippen LogP contribution < -0.4 is 0 Å². The number of aliphatic hydroxyl groups is 2. The minimum atomic E-state index is -2.01. The molecule has 0 aromatic carbocycles. The van der Waals surface area contributed by atoms with E-state index in [2.05, 4.69) is 4.98 Å². The first kappa shape index (κ1) is 12.1. The van der Waals surface area contributed by atoms with E-state index < -0.39 is 24.1 Å². The fourth-order valence-electron chi connectivity index (χ4n) is 1.07. The maximum atomic E-state index is 10.6. The normalized spacial score (nSPS) is 14.1. The Morgan fingerprint density at radius 1 is 1.25 bits per heavy atom. The first-order chi connectivity index (χ1) is 7.43. The van der Waals surface area contributed by atoms with Gasteiger partial charge in [-0.1, -0.05) is 0 Å². The molecular weight excluding hydrogens is 218 g/mol. The number of aromatic carboxylic acids is 1. The fraction of sp³-hybridized carbons (Fsp3) is 0.222. The summed E-state index contributed by atoms with van der Waals surface area (Å²) in [6, 6.07) is 2.22. The van der Waals surface area contributed by atoms with Crippen molar-refractivity contribution < 1.29 is 30.0 Å². The predicted molar refractivity (Wildman–Crippen MR) is 49.8 cm³/mol. The van der Waals surface area contributed by atoms with E-state index in [9.17, 15) is 14.7 Å². The number of carbonyl (C=O) groups is 2. The Hall–Kier alpha value is -1.99. The van der Waals surface area contributed by atoms with Gasteiger partial charge in [0.15, 0.2) is 6.10 Å². The van der Waals surface area contributed by atoms with Crippen molar-refractivity contribution in [1.82, 2.24) is 4.98 Å². The molecule has 2 atom stereocenters. The van der Waals surface area contributed by atoms with Crippen LogP contribution in [0.4, 0.5) is 0 Å². The van der Waals surface area contributed by atoms with Crippen molar-refractivity contribution in [2.24, 2.45) is 0 Å². The minimum Gasteiger partial charge on any atom is -0.479 e. The number of pyridine rings is 1. The van der Waals surface area contributed by atoms with Crippen LogP contribution >= 0.6 is 0 Å². The molecule has 7 heteroatoms. The number of hydrogen-bond acceptors (Lipinski definition) is 5. The maximum absolute atomic E-state index is 10.6.